The molecular formula is C13H18N2O4. The van der Waals surface area contributed by atoms with Crippen molar-refractivity contribution in [3.05, 3.63) is 23.8 Å². The highest BCUT2D eigenvalue weighted by molar-refractivity contribution is 6.01. The van der Waals surface area contributed by atoms with E-state index in [0.717, 1.165) is 0 Å². The van der Waals surface area contributed by atoms with Crippen LogP contribution in [0.25, 0.3) is 0 Å². The van der Waals surface area contributed by atoms with Crippen molar-refractivity contribution in [1.82, 2.24) is 5.32 Å². The Hall–Kier alpha value is -2.24. The average Bonchev–Trinajstić information content (AvgIpc) is 2.38. The maximum atomic E-state index is 12.0. The molecule has 0 spiro atoms. The number of nitrogen functional groups attached to an aromatic ring is 1. The van der Waals surface area contributed by atoms with E-state index in [4.69, 9.17) is 15.6 Å². The number of carboxylic acid groups (broad SMARTS) is 1. The van der Waals surface area contributed by atoms with Crippen LogP contribution < -0.4 is 15.8 Å². The van der Waals surface area contributed by atoms with E-state index in [9.17, 15) is 9.59 Å². The molecule has 0 aliphatic rings. The molecule has 0 saturated heterocycles. The van der Waals surface area contributed by atoms with Gasteiger partial charge < -0.3 is 20.9 Å². The predicted octanol–water partition coefficient (Wildman–Crippen LogP) is 1.26. The lowest BCUT2D eigenvalue weighted by Gasteiger charge is -2.14. The molecule has 0 radical (unpaired) electrons. The van der Waals surface area contributed by atoms with E-state index in [1.165, 1.54) is 13.2 Å². The van der Waals surface area contributed by atoms with Crippen LogP contribution in [0.3, 0.4) is 0 Å². The van der Waals surface area contributed by atoms with Gasteiger partial charge in [0.15, 0.2) is 0 Å². The molecule has 0 unspecified atom stereocenters. The number of carboxylic acids is 1. The Labute approximate surface area is 111 Å². The molecule has 19 heavy (non-hydrogen) atoms. The van der Waals surface area contributed by atoms with Crippen LogP contribution in [0.2, 0.25) is 0 Å². The smallest absolute Gasteiger partial charge is 0.326 e. The van der Waals surface area contributed by atoms with Gasteiger partial charge in [-0.3, -0.25) is 4.79 Å². The Morgan fingerprint density at radius 1 is 1.47 bits per heavy atom. The molecular weight excluding hydrogens is 248 g/mol. The van der Waals surface area contributed by atoms with Gasteiger partial charge in [-0.2, -0.15) is 0 Å². The number of methoxy groups -OCH3 is 1. The minimum Gasteiger partial charge on any atom is -0.497 e. The van der Waals surface area contributed by atoms with E-state index in [2.05, 4.69) is 5.32 Å². The summed E-state index contributed by atoms with van der Waals surface area (Å²) in [4.78, 5) is 23.0. The van der Waals surface area contributed by atoms with Crippen LogP contribution in [0, 0.1) is 0 Å². The summed E-state index contributed by atoms with van der Waals surface area (Å²) in [6, 6.07) is 3.74. The number of hydrogen-bond acceptors (Lipinski definition) is 4. The largest absolute Gasteiger partial charge is 0.497 e. The van der Waals surface area contributed by atoms with Gasteiger partial charge >= 0.3 is 5.97 Å². The molecule has 1 rings (SSSR count). The number of carbonyl (C=O) groups is 2. The first-order valence-corrected chi connectivity index (χ1v) is 5.96. The lowest BCUT2D eigenvalue weighted by atomic mass is 10.1. The lowest BCUT2D eigenvalue weighted by Crippen LogP contribution is -2.40. The van der Waals surface area contributed by atoms with E-state index >= 15 is 0 Å². The van der Waals surface area contributed by atoms with Crippen LogP contribution in [0.15, 0.2) is 18.2 Å². The maximum Gasteiger partial charge on any atom is 0.326 e. The summed E-state index contributed by atoms with van der Waals surface area (Å²) in [6.07, 6.45) is 1.02. The summed E-state index contributed by atoms with van der Waals surface area (Å²) in [5, 5.41) is 11.5. The zero-order valence-corrected chi connectivity index (χ0v) is 11.0. The van der Waals surface area contributed by atoms with Crippen molar-refractivity contribution < 1.29 is 19.4 Å². The van der Waals surface area contributed by atoms with E-state index in [1.807, 2.05) is 6.92 Å². The molecule has 0 heterocycles. The Morgan fingerprint density at radius 3 is 2.68 bits per heavy atom. The summed E-state index contributed by atoms with van der Waals surface area (Å²) in [5.74, 6) is -1.09. The average molecular weight is 266 g/mol. The fraction of sp³-hybridized carbons (Fsp3) is 0.385. The number of aliphatic carboxylic acids is 1. The number of rotatable bonds is 6. The third-order valence-electron chi connectivity index (χ3n) is 2.69. The molecule has 0 bridgehead atoms. The number of nitrogens with one attached hydrogen (secondary N) is 1. The van der Waals surface area contributed by atoms with E-state index < -0.39 is 17.9 Å². The molecule has 104 valence electrons. The van der Waals surface area contributed by atoms with Crippen LogP contribution in [0.4, 0.5) is 5.69 Å². The lowest BCUT2D eigenvalue weighted by molar-refractivity contribution is -0.139. The van der Waals surface area contributed by atoms with Crippen molar-refractivity contribution in [2.24, 2.45) is 0 Å². The van der Waals surface area contributed by atoms with Crippen LogP contribution in [0.1, 0.15) is 30.1 Å². The van der Waals surface area contributed by atoms with Crippen LogP contribution in [-0.2, 0) is 4.79 Å². The van der Waals surface area contributed by atoms with E-state index in [1.54, 1.807) is 12.1 Å². The van der Waals surface area contributed by atoms with Crippen LogP contribution >= 0.6 is 0 Å². The van der Waals surface area contributed by atoms with Gasteiger partial charge in [-0.1, -0.05) is 13.3 Å². The zero-order chi connectivity index (χ0) is 14.4. The minimum atomic E-state index is -1.06. The van der Waals surface area contributed by atoms with Gasteiger partial charge in [0.25, 0.3) is 5.91 Å². The number of carbonyl (C=O) groups excluding carboxylic acids is 1. The molecule has 4 N–H and O–H groups in total. The van der Waals surface area contributed by atoms with Crippen molar-refractivity contribution in [1.29, 1.82) is 0 Å². The molecule has 0 aliphatic carbocycles. The molecule has 6 nitrogen and oxygen atoms in total. The predicted molar refractivity (Wildman–Crippen MR) is 71.2 cm³/mol. The highest BCUT2D eigenvalue weighted by Gasteiger charge is 2.21. The molecule has 0 aliphatic heterocycles. The van der Waals surface area contributed by atoms with Crippen molar-refractivity contribution in [3.63, 3.8) is 0 Å². The van der Waals surface area contributed by atoms with Gasteiger partial charge in [0.1, 0.15) is 11.8 Å². The van der Waals surface area contributed by atoms with Crippen LogP contribution in [0.5, 0.6) is 5.75 Å². The summed E-state index contributed by atoms with van der Waals surface area (Å²) >= 11 is 0. The molecule has 0 aromatic heterocycles. The summed E-state index contributed by atoms with van der Waals surface area (Å²) in [7, 11) is 1.48. The first-order chi connectivity index (χ1) is 8.99. The van der Waals surface area contributed by atoms with Crippen molar-refractivity contribution >= 4 is 17.6 Å². The third kappa shape index (κ3) is 3.87. The molecule has 0 saturated carbocycles. The number of hydrogen-bond donors (Lipinski definition) is 3. The Balaban J connectivity index is 2.90. The SMILES string of the molecule is CCC[C@H](NC(=O)c1cc(OC)ccc1N)C(=O)O. The summed E-state index contributed by atoms with van der Waals surface area (Å²) in [5.41, 5.74) is 6.19. The molecule has 1 atom stereocenters. The standard InChI is InChI=1S/C13H18N2O4/c1-3-4-11(13(17)18)15-12(16)9-7-8(19-2)5-6-10(9)14/h5-7,11H,3-4,14H2,1-2H3,(H,15,16)(H,17,18)/t11-/m0/s1. The van der Waals surface area contributed by atoms with Gasteiger partial charge in [-0.25, -0.2) is 4.79 Å². The molecule has 0 fully saturated rings. The second kappa shape index (κ2) is 6.63. The molecule has 1 aromatic carbocycles. The van der Waals surface area contributed by atoms with Crippen LogP contribution in [-0.4, -0.2) is 30.1 Å². The van der Waals surface area contributed by atoms with Gasteiger partial charge in [0.05, 0.1) is 12.7 Å². The minimum absolute atomic E-state index is 0.210. The van der Waals surface area contributed by atoms with Crippen molar-refractivity contribution in [2.45, 2.75) is 25.8 Å². The quantitative estimate of drug-likeness (QED) is 0.673. The van der Waals surface area contributed by atoms with Gasteiger partial charge in [-0.05, 0) is 24.6 Å². The fourth-order valence-electron chi connectivity index (χ4n) is 1.64. The fourth-order valence-corrected chi connectivity index (χ4v) is 1.64. The number of nitrogens with two attached hydrogens (primary N) is 1. The second-order valence-electron chi connectivity index (χ2n) is 4.11. The monoisotopic (exact) mass is 266 g/mol. The van der Waals surface area contributed by atoms with Crippen molar-refractivity contribution in [3.8, 4) is 5.75 Å². The number of benzene rings is 1. The third-order valence-corrected chi connectivity index (χ3v) is 2.69. The molecule has 6 heteroatoms. The Kier molecular flexibility index (Phi) is 5.17. The Morgan fingerprint density at radius 2 is 2.16 bits per heavy atom. The summed E-state index contributed by atoms with van der Waals surface area (Å²) < 4.78 is 5.01. The van der Waals surface area contributed by atoms with Gasteiger partial charge in [0, 0.05) is 5.69 Å². The first kappa shape index (κ1) is 14.8. The van der Waals surface area contributed by atoms with E-state index in [0.29, 0.717) is 18.6 Å². The van der Waals surface area contributed by atoms with Gasteiger partial charge in [-0.15, -0.1) is 0 Å². The summed E-state index contributed by atoms with van der Waals surface area (Å²) in [6.45, 7) is 1.85. The highest BCUT2D eigenvalue weighted by atomic mass is 16.5. The molecule has 1 aromatic rings. The Bertz CT molecular complexity index is 474. The number of anilines is 1. The van der Waals surface area contributed by atoms with Gasteiger partial charge in [0.2, 0.25) is 0 Å². The molecule has 1 amide bonds. The number of ether oxygens (including phenoxy) is 1. The zero-order valence-electron chi connectivity index (χ0n) is 11.0. The number of amides is 1. The maximum absolute atomic E-state index is 12.0. The topological polar surface area (TPSA) is 102 Å². The van der Waals surface area contributed by atoms with E-state index in [-0.39, 0.29) is 11.3 Å². The normalized spacial score (nSPS) is 11.7. The highest BCUT2D eigenvalue weighted by Crippen LogP contribution is 2.19. The first-order valence-electron chi connectivity index (χ1n) is 5.96. The second-order valence-corrected chi connectivity index (χ2v) is 4.11. The van der Waals surface area contributed by atoms with Crippen molar-refractivity contribution in [2.75, 3.05) is 12.8 Å².